The molecule has 0 amide bonds. The summed E-state index contributed by atoms with van der Waals surface area (Å²) in [5.41, 5.74) is 1.63. The van der Waals surface area contributed by atoms with Gasteiger partial charge in [-0.05, 0) is 52.3 Å². The fourth-order valence-electron chi connectivity index (χ4n) is 1.43. The molecule has 0 radical (unpaired) electrons. The van der Waals surface area contributed by atoms with Crippen LogP contribution in [0.3, 0.4) is 0 Å². The number of benzene rings is 2. The number of nitriles is 1. The number of nitrogens with zero attached hydrogens (tertiary/aromatic N) is 1. The molecule has 0 bridgehead atoms. The summed E-state index contributed by atoms with van der Waals surface area (Å²) in [6.45, 7) is 0. The lowest BCUT2D eigenvalue weighted by Gasteiger charge is -2.08. The lowest BCUT2D eigenvalue weighted by Crippen LogP contribution is -1.94. The van der Waals surface area contributed by atoms with Crippen LogP contribution in [0, 0.1) is 17.1 Å². The molecule has 0 atom stereocenters. The summed E-state index contributed by atoms with van der Waals surface area (Å²) in [5.74, 6) is -0.343. The smallest absolute Gasteiger partial charge is 0.147 e. The van der Waals surface area contributed by atoms with Gasteiger partial charge >= 0.3 is 0 Å². The molecule has 0 saturated heterocycles. The third kappa shape index (κ3) is 2.89. The fourth-order valence-corrected chi connectivity index (χ4v) is 2.23. The van der Waals surface area contributed by atoms with Crippen molar-refractivity contribution in [2.45, 2.75) is 0 Å². The van der Waals surface area contributed by atoms with Crippen molar-refractivity contribution in [3.8, 4) is 6.07 Å². The Morgan fingerprint density at radius 1 is 1.11 bits per heavy atom. The minimum absolute atomic E-state index is 0.343. The first-order valence-corrected chi connectivity index (χ1v) is 6.60. The van der Waals surface area contributed by atoms with Crippen molar-refractivity contribution in [2.24, 2.45) is 0 Å². The van der Waals surface area contributed by atoms with Gasteiger partial charge in [-0.2, -0.15) is 5.26 Å². The summed E-state index contributed by atoms with van der Waals surface area (Å²) in [6.07, 6.45) is 0. The predicted molar refractivity (Wildman–Crippen MR) is 76.2 cm³/mol. The van der Waals surface area contributed by atoms with Crippen molar-refractivity contribution in [3.63, 3.8) is 0 Å². The van der Waals surface area contributed by atoms with Crippen LogP contribution in [0.5, 0.6) is 0 Å². The highest BCUT2D eigenvalue weighted by Crippen LogP contribution is 2.26. The molecule has 0 aliphatic carbocycles. The molecule has 0 saturated carbocycles. The molecule has 5 heteroatoms. The Labute approximate surface area is 121 Å². The van der Waals surface area contributed by atoms with Gasteiger partial charge in [0, 0.05) is 14.6 Å². The van der Waals surface area contributed by atoms with Crippen LogP contribution >= 0.6 is 31.9 Å². The Balaban J connectivity index is 2.29. The monoisotopic (exact) mass is 368 g/mol. The van der Waals surface area contributed by atoms with Gasteiger partial charge in [-0.3, -0.25) is 0 Å². The number of anilines is 2. The Bertz CT molecular complexity index is 635. The van der Waals surface area contributed by atoms with Crippen molar-refractivity contribution >= 4 is 43.2 Å². The van der Waals surface area contributed by atoms with E-state index in [1.807, 2.05) is 0 Å². The second kappa shape index (κ2) is 5.51. The number of hydrogen-bond acceptors (Lipinski definition) is 2. The number of nitrogens with one attached hydrogen (secondary N) is 1. The second-order valence-electron chi connectivity index (χ2n) is 3.56. The largest absolute Gasteiger partial charge is 0.353 e. The van der Waals surface area contributed by atoms with E-state index in [9.17, 15) is 4.39 Å². The predicted octanol–water partition coefficient (Wildman–Crippen LogP) is 4.97. The molecule has 2 aromatic rings. The van der Waals surface area contributed by atoms with Gasteiger partial charge in [0.1, 0.15) is 11.9 Å². The van der Waals surface area contributed by atoms with Crippen LogP contribution in [0.4, 0.5) is 15.8 Å². The van der Waals surface area contributed by atoms with Crippen molar-refractivity contribution in [2.75, 3.05) is 5.32 Å². The van der Waals surface area contributed by atoms with Crippen LogP contribution in [0.25, 0.3) is 0 Å². The molecule has 2 nitrogen and oxygen atoms in total. The molecular weight excluding hydrogens is 363 g/mol. The normalized spacial score (nSPS) is 9.89. The minimum Gasteiger partial charge on any atom is -0.353 e. The average Bonchev–Trinajstić information content (AvgIpc) is 2.33. The summed E-state index contributed by atoms with van der Waals surface area (Å²) in [7, 11) is 0. The minimum atomic E-state index is -0.343. The van der Waals surface area contributed by atoms with Crippen molar-refractivity contribution in [3.05, 3.63) is 56.7 Å². The Morgan fingerprint density at radius 3 is 2.50 bits per heavy atom. The summed E-state index contributed by atoms with van der Waals surface area (Å²) in [6, 6.07) is 12.0. The molecule has 18 heavy (non-hydrogen) atoms. The van der Waals surface area contributed by atoms with E-state index in [-0.39, 0.29) is 5.82 Å². The average molecular weight is 370 g/mol. The molecule has 90 valence electrons. The van der Waals surface area contributed by atoms with Crippen LogP contribution in [-0.4, -0.2) is 0 Å². The van der Waals surface area contributed by atoms with E-state index in [0.717, 1.165) is 0 Å². The maximum atomic E-state index is 13.6. The third-order valence-electron chi connectivity index (χ3n) is 2.30. The first kappa shape index (κ1) is 13.1. The maximum absolute atomic E-state index is 13.6. The highest BCUT2D eigenvalue weighted by molar-refractivity contribution is 9.10. The van der Waals surface area contributed by atoms with E-state index in [1.54, 1.807) is 30.3 Å². The second-order valence-corrected chi connectivity index (χ2v) is 5.33. The summed E-state index contributed by atoms with van der Waals surface area (Å²) in [5, 5.41) is 11.8. The van der Waals surface area contributed by atoms with Crippen LogP contribution in [0.15, 0.2) is 45.3 Å². The van der Waals surface area contributed by atoms with Gasteiger partial charge in [-0.15, -0.1) is 0 Å². The third-order valence-corrected chi connectivity index (χ3v) is 3.45. The molecule has 0 unspecified atom stereocenters. The summed E-state index contributed by atoms with van der Waals surface area (Å²) < 4.78 is 15.0. The topological polar surface area (TPSA) is 35.8 Å². The lowest BCUT2D eigenvalue weighted by atomic mass is 10.2. The van der Waals surface area contributed by atoms with E-state index in [1.165, 1.54) is 6.07 Å². The van der Waals surface area contributed by atoms with Crippen LogP contribution < -0.4 is 5.32 Å². The Hall–Kier alpha value is -1.38. The van der Waals surface area contributed by atoms with Gasteiger partial charge in [-0.1, -0.05) is 15.9 Å². The zero-order chi connectivity index (χ0) is 13.1. The molecule has 0 heterocycles. The fraction of sp³-hybridized carbons (Fsp3) is 0. The summed E-state index contributed by atoms with van der Waals surface area (Å²) in [4.78, 5) is 0. The van der Waals surface area contributed by atoms with Crippen molar-refractivity contribution in [1.82, 2.24) is 0 Å². The SMILES string of the molecule is N#Cc1ccc(Nc2ccc(Br)cc2F)cc1Br. The number of rotatable bonds is 2. The number of hydrogen-bond donors (Lipinski definition) is 1. The van der Waals surface area contributed by atoms with Gasteiger partial charge in [0.2, 0.25) is 0 Å². The van der Waals surface area contributed by atoms with Crippen molar-refractivity contribution in [1.29, 1.82) is 5.26 Å². The number of halogens is 3. The molecule has 2 aromatic carbocycles. The van der Waals surface area contributed by atoms with Gasteiger partial charge in [0.25, 0.3) is 0 Å². The van der Waals surface area contributed by atoms with E-state index < -0.39 is 0 Å². The molecular formula is C13H7Br2FN2. The quantitative estimate of drug-likeness (QED) is 0.811. The van der Waals surface area contributed by atoms with E-state index in [2.05, 4.69) is 43.2 Å². The van der Waals surface area contributed by atoms with Gasteiger partial charge in [-0.25, -0.2) is 4.39 Å². The van der Waals surface area contributed by atoms with E-state index in [4.69, 9.17) is 5.26 Å². The van der Waals surface area contributed by atoms with E-state index in [0.29, 0.717) is 25.9 Å². The van der Waals surface area contributed by atoms with Crippen LogP contribution in [-0.2, 0) is 0 Å². The van der Waals surface area contributed by atoms with Gasteiger partial charge < -0.3 is 5.32 Å². The first-order chi connectivity index (χ1) is 8.60. The molecule has 0 aliphatic heterocycles. The molecule has 0 aromatic heterocycles. The first-order valence-electron chi connectivity index (χ1n) is 5.02. The van der Waals surface area contributed by atoms with Crippen LogP contribution in [0.2, 0.25) is 0 Å². The van der Waals surface area contributed by atoms with Gasteiger partial charge in [0.05, 0.1) is 11.3 Å². The Morgan fingerprint density at radius 2 is 1.89 bits per heavy atom. The lowest BCUT2D eigenvalue weighted by molar-refractivity contribution is 0.631. The van der Waals surface area contributed by atoms with Crippen molar-refractivity contribution < 1.29 is 4.39 Å². The maximum Gasteiger partial charge on any atom is 0.147 e. The molecule has 0 spiro atoms. The highest BCUT2D eigenvalue weighted by atomic mass is 79.9. The molecule has 1 N–H and O–H groups in total. The van der Waals surface area contributed by atoms with E-state index >= 15 is 0 Å². The molecule has 0 aliphatic rings. The molecule has 0 fully saturated rings. The Kier molecular flexibility index (Phi) is 4.00. The standard InChI is InChI=1S/C13H7Br2FN2/c14-9-2-4-13(12(16)5-9)18-10-3-1-8(7-17)11(15)6-10/h1-6,18H. The highest BCUT2D eigenvalue weighted by Gasteiger charge is 2.05. The zero-order valence-corrected chi connectivity index (χ0v) is 12.2. The zero-order valence-electron chi connectivity index (χ0n) is 9.05. The van der Waals surface area contributed by atoms with Gasteiger partial charge in [0.15, 0.2) is 0 Å². The molecule has 2 rings (SSSR count). The van der Waals surface area contributed by atoms with Crippen LogP contribution in [0.1, 0.15) is 5.56 Å². The summed E-state index contributed by atoms with van der Waals surface area (Å²) >= 11 is 6.49.